The second-order valence-electron chi connectivity index (χ2n) is 9.62. The highest BCUT2D eigenvalue weighted by Crippen LogP contribution is 2.57. The minimum absolute atomic E-state index is 0.0378. The van der Waals surface area contributed by atoms with Crippen molar-refractivity contribution in [3.63, 3.8) is 0 Å². The molecule has 3 N–H and O–H groups in total. The van der Waals surface area contributed by atoms with Crippen LogP contribution in [0.1, 0.15) is 64.6 Å². The second kappa shape index (κ2) is 8.44. The van der Waals surface area contributed by atoms with Crippen molar-refractivity contribution >= 4 is 11.6 Å². The number of nitrogens with zero attached hydrogens (tertiary/aromatic N) is 4. The van der Waals surface area contributed by atoms with Crippen molar-refractivity contribution < 1.29 is 27.5 Å². The standard InChI is InChI=1S/C24H22F4N6O2/c1-34-11-30-19(20(34)22(35)32-16-2-3-18(25)15(6-16)9-29)12-4-13-7-23(36,8-14(13)5-12)17-10-31-33-21(17)24(26,27)28/h2-3,6,10-14,36H,4-5,7-8H2,1H3,(H,31,33)(H,32,35). The lowest BCUT2D eigenvalue weighted by Crippen LogP contribution is -2.26. The van der Waals surface area contributed by atoms with Crippen molar-refractivity contribution in [3.05, 3.63) is 64.7 Å². The lowest BCUT2D eigenvalue weighted by Gasteiger charge is -2.25. The van der Waals surface area contributed by atoms with Gasteiger partial charge in [-0.2, -0.15) is 23.5 Å². The second-order valence-corrected chi connectivity index (χ2v) is 9.62. The average molecular weight is 502 g/mol. The van der Waals surface area contributed by atoms with Crippen molar-refractivity contribution in [2.24, 2.45) is 18.9 Å². The van der Waals surface area contributed by atoms with E-state index in [0.717, 1.165) is 12.3 Å². The quantitative estimate of drug-likeness (QED) is 0.462. The van der Waals surface area contributed by atoms with Gasteiger partial charge < -0.3 is 15.0 Å². The molecule has 0 saturated heterocycles. The van der Waals surface area contributed by atoms with Crippen LogP contribution in [0.5, 0.6) is 0 Å². The Bertz CT molecular complexity index is 1360. The molecule has 2 heterocycles. The van der Waals surface area contributed by atoms with Gasteiger partial charge in [-0.05, 0) is 55.7 Å². The molecule has 0 spiro atoms. The number of aliphatic hydroxyl groups is 1. The Morgan fingerprint density at radius 3 is 2.64 bits per heavy atom. The normalized spacial score (nSPS) is 25.5. The average Bonchev–Trinajstić information content (AvgIpc) is 3.56. The number of carbonyl (C=O) groups is 1. The summed E-state index contributed by atoms with van der Waals surface area (Å²) in [7, 11) is 1.67. The van der Waals surface area contributed by atoms with Crippen molar-refractivity contribution in [2.75, 3.05) is 5.32 Å². The van der Waals surface area contributed by atoms with Crippen LogP contribution in [0.4, 0.5) is 23.2 Å². The van der Waals surface area contributed by atoms with Gasteiger partial charge in [-0.15, -0.1) is 0 Å². The van der Waals surface area contributed by atoms with Gasteiger partial charge >= 0.3 is 6.18 Å². The van der Waals surface area contributed by atoms with Gasteiger partial charge in [0, 0.05) is 30.4 Å². The molecule has 12 heteroatoms. The van der Waals surface area contributed by atoms with Gasteiger partial charge in [0.1, 0.15) is 17.6 Å². The Morgan fingerprint density at radius 1 is 1.31 bits per heavy atom. The van der Waals surface area contributed by atoms with Crippen LogP contribution in [0, 0.1) is 29.0 Å². The molecule has 5 rings (SSSR count). The number of alkyl halides is 3. The third kappa shape index (κ3) is 4.03. The Kier molecular flexibility index (Phi) is 5.63. The zero-order valence-corrected chi connectivity index (χ0v) is 19.1. The topological polar surface area (TPSA) is 120 Å². The van der Waals surface area contributed by atoms with Crippen LogP contribution in [0.25, 0.3) is 0 Å². The Hall–Kier alpha value is -3.72. The molecule has 3 aromatic rings. The molecule has 2 atom stereocenters. The summed E-state index contributed by atoms with van der Waals surface area (Å²) in [6.45, 7) is 0. The number of nitriles is 1. The number of H-pyrrole nitrogens is 1. The number of carbonyl (C=O) groups excluding carboxylic acids is 1. The highest BCUT2D eigenvalue weighted by molar-refractivity contribution is 6.04. The number of anilines is 1. The van der Waals surface area contributed by atoms with E-state index in [9.17, 15) is 27.5 Å². The minimum atomic E-state index is -4.67. The summed E-state index contributed by atoms with van der Waals surface area (Å²) in [5.74, 6) is -1.34. The van der Waals surface area contributed by atoms with Crippen LogP contribution in [-0.4, -0.2) is 30.8 Å². The van der Waals surface area contributed by atoms with Crippen LogP contribution in [0.2, 0.25) is 0 Å². The van der Waals surface area contributed by atoms with Gasteiger partial charge in [0.2, 0.25) is 0 Å². The highest BCUT2D eigenvalue weighted by Gasteiger charge is 2.53. The molecule has 0 aliphatic heterocycles. The smallest absolute Gasteiger partial charge is 0.385 e. The largest absolute Gasteiger partial charge is 0.435 e. The molecular weight excluding hydrogens is 480 g/mol. The molecule has 2 aliphatic rings. The first kappa shape index (κ1) is 24.0. The third-order valence-corrected chi connectivity index (χ3v) is 7.36. The summed E-state index contributed by atoms with van der Waals surface area (Å²) >= 11 is 0. The van der Waals surface area contributed by atoms with Crippen molar-refractivity contribution in [1.29, 1.82) is 5.26 Å². The van der Waals surface area contributed by atoms with E-state index in [4.69, 9.17) is 5.26 Å². The summed E-state index contributed by atoms with van der Waals surface area (Å²) in [6, 6.07) is 5.43. The maximum atomic E-state index is 13.6. The van der Waals surface area contributed by atoms with Crippen molar-refractivity contribution in [1.82, 2.24) is 19.7 Å². The number of imidazole rings is 1. The molecule has 188 valence electrons. The summed E-state index contributed by atoms with van der Waals surface area (Å²) in [5, 5.41) is 28.4. The first-order chi connectivity index (χ1) is 17.0. The molecule has 0 radical (unpaired) electrons. The number of fused-ring (bicyclic) bond motifs is 1. The number of nitrogens with one attached hydrogen (secondary N) is 2. The zero-order valence-electron chi connectivity index (χ0n) is 19.1. The van der Waals surface area contributed by atoms with Crippen LogP contribution in [0.15, 0.2) is 30.7 Å². The van der Waals surface area contributed by atoms with Gasteiger partial charge in [-0.3, -0.25) is 9.89 Å². The maximum Gasteiger partial charge on any atom is 0.435 e. The van der Waals surface area contributed by atoms with E-state index in [1.54, 1.807) is 17.7 Å². The number of halogens is 4. The molecule has 1 amide bonds. The van der Waals surface area contributed by atoms with Gasteiger partial charge in [-0.1, -0.05) is 0 Å². The third-order valence-electron chi connectivity index (χ3n) is 7.36. The van der Waals surface area contributed by atoms with Crippen LogP contribution >= 0.6 is 0 Å². The highest BCUT2D eigenvalue weighted by atomic mass is 19.4. The number of benzene rings is 1. The first-order valence-electron chi connectivity index (χ1n) is 11.4. The molecule has 2 aromatic heterocycles. The monoisotopic (exact) mass is 502 g/mol. The van der Waals surface area contributed by atoms with Gasteiger partial charge in [0.05, 0.1) is 23.2 Å². The van der Waals surface area contributed by atoms with Gasteiger partial charge in [0.15, 0.2) is 5.69 Å². The molecular formula is C24H22F4N6O2. The van der Waals surface area contributed by atoms with E-state index in [2.05, 4.69) is 20.5 Å². The number of rotatable bonds is 4. The van der Waals surface area contributed by atoms with E-state index in [1.807, 2.05) is 0 Å². The van der Waals surface area contributed by atoms with Crippen molar-refractivity contribution in [3.8, 4) is 6.07 Å². The molecule has 36 heavy (non-hydrogen) atoms. The number of aromatic nitrogens is 4. The van der Waals surface area contributed by atoms with E-state index < -0.39 is 29.2 Å². The summed E-state index contributed by atoms with van der Waals surface area (Å²) in [6.07, 6.45) is -0.566. The summed E-state index contributed by atoms with van der Waals surface area (Å²) < 4.78 is 55.2. The van der Waals surface area contributed by atoms with Gasteiger partial charge in [0.25, 0.3) is 5.91 Å². The fourth-order valence-corrected chi connectivity index (χ4v) is 5.87. The van der Waals surface area contributed by atoms with Crippen molar-refractivity contribution in [2.45, 2.75) is 43.4 Å². The predicted octanol–water partition coefficient (Wildman–Crippen LogP) is 4.22. The number of aryl methyl sites for hydroxylation is 1. The van der Waals surface area contributed by atoms with Gasteiger partial charge in [-0.25, -0.2) is 9.37 Å². The molecule has 2 aliphatic carbocycles. The van der Waals surface area contributed by atoms with E-state index in [1.165, 1.54) is 18.5 Å². The molecule has 1 aromatic carbocycles. The fourth-order valence-electron chi connectivity index (χ4n) is 5.87. The minimum Gasteiger partial charge on any atom is -0.385 e. The Morgan fingerprint density at radius 2 is 2.00 bits per heavy atom. The van der Waals surface area contributed by atoms with Crippen LogP contribution in [0.3, 0.4) is 0 Å². The SMILES string of the molecule is Cn1cnc(C2CC3CC(O)(c4c[nH]nc4C(F)(F)F)CC3C2)c1C(=O)Nc1ccc(F)c(C#N)c1. The van der Waals surface area contributed by atoms with Crippen LogP contribution in [-0.2, 0) is 18.8 Å². The lowest BCUT2D eigenvalue weighted by atomic mass is 9.87. The van der Waals surface area contributed by atoms with E-state index in [-0.39, 0.29) is 47.4 Å². The number of aromatic amines is 1. The van der Waals surface area contributed by atoms with Crippen LogP contribution < -0.4 is 5.32 Å². The molecule has 2 fully saturated rings. The van der Waals surface area contributed by atoms with E-state index in [0.29, 0.717) is 24.2 Å². The molecule has 8 nitrogen and oxygen atoms in total. The molecule has 2 saturated carbocycles. The number of hydrogen-bond acceptors (Lipinski definition) is 5. The summed E-state index contributed by atoms with van der Waals surface area (Å²) in [4.78, 5) is 17.5. The Balaban J connectivity index is 1.33. The molecule has 0 bridgehead atoms. The van der Waals surface area contributed by atoms with E-state index >= 15 is 0 Å². The number of hydrogen-bond donors (Lipinski definition) is 3. The lowest BCUT2D eigenvalue weighted by molar-refractivity contribution is -0.144. The number of amides is 1. The Labute approximate surface area is 203 Å². The summed E-state index contributed by atoms with van der Waals surface area (Å²) in [5.41, 5.74) is -1.99. The zero-order chi connectivity index (χ0) is 25.8. The maximum absolute atomic E-state index is 13.6. The molecule has 2 unspecified atom stereocenters. The predicted molar refractivity (Wildman–Crippen MR) is 118 cm³/mol. The fraction of sp³-hybridized carbons (Fsp3) is 0.417. The first-order valence-corrected chi connectivity index (χ1v) is 11.4.